The molecule has 0 spiro atoms. The Morgan fingerprint density at radius 3 is 2.58 bits per heavy atom. The molecule has 0 bridgehead atoms. The van der Waals surface area contributed by atoms with E-state index >= 15 is 0 Å². The Bertz CT molecular complexity index is 776. The van der Waals surface area contributed by atoms with Crippen molar-refractivity contribution in [3.63, 3.8) is 0 Å². The Morgan fingerprint density at radius 1 is 1.27 bits per heavy atom. The molecular formula is C17H20N3O5Y-. The summed E-state index contributed by atoms with van der Waals surface area (Å²) in [6, 6.07) is 6.93. The van der Waals surface area contributed by atoms with Crippen molar-refractivity contribution in [3.8, 4) is 0 Å². The molecule has 137 valence electrons. The molecule has 26 heavy (non-hydrogen) atoms. The van der Waals surface area contributed by atoms with Crippen molar-refractivity contribution in [1.82, 2.24) is 10.2 Å². The van der Waals surface area contributed by atoms with Gasteiger partial charge >= 0.3 is 12.2 Å². The first-order valence-corrected chi connectivity index (χ1v) is 7.77. The van der Waals surface area contributed by atoms with Gasteiger partial charge in [0.05, 0.1) is 6.61 Å². The zero-order chi connectivity index (χ0) is 18.4. The van der Waals surface area contributed by atoms with Gasteiger partial charge in [0, 0.05) is 46.6 Å². The summed E-state index contributed by atoms with van der Waals surface area (Å²) in [5.74, 6) is 0.551. The summed E-state index contributed by atoms with van der Waals surface area (Å²) in [5, 5.41) is 7.56. The van der Waals surface area contributed by atoms with Gasteiger partial charge in [0.15, 0.2) is 5.90 Å². The SMILES string of the molecule is CCOC(=O)OC(C)OC(=Nc1nnc(C)o1)c1ccc(C)[c-]c1C.[Y]. The third-order valence-corrected chi connectivity index (χ3v) is 3.03. The second-order valence-electron chi connectivity index (χ2n) is 5.19. The summed E-state index contributed by atoms with van der Waals surface area (Å²) >= 11 is 0. The first-order valence-electron chi connectivity index (χ1n) is 7.77. The first-order chi connectivity index (χ1) is 11.9. The van der Waals surface area contributed by atoms with Crippen LogP contribution in [-0.2, 0) is 46.9 Å². The molecule has 1 aromatic heterocycles. The second kappa shape index (κ2) is 10.4. The number of ether oxygens (including phenoxy) is 3. The summed E-state index contributed by atoms with van der Waals surface area (Å²) in [5.41, 5.74) is 2.46. The van der Waals surface area contributed by atoms with Crippen LogP contribution < -0.4 is 0 Å². The molecule has 0 amide bonds. The van der Waals surface area contributed by atoms with Crippen LogP contribution in [0.25, 0.3) is 0 Å². The van der Waals surface area contributed by atoms with E-state index in [0.29, 0.717) is 11.5 Å². The number of aromatic nitrogens is 2. The number of hydrogen-bond acceptors (Lipinski definition) is 8. The molecule has 1 unspecified atom stereocenters. The van der Waals surface area contributed by atoms with Crippen LogP contribution in [0.2, 0.25) is 0 Å². The van der Waals surface area contributed by atoms with Crippen LogP contribution in [0, 0.1) is 26.8 Å². The molecule has 1 aromatic carbocycles. The number of benzene rings is 1. The number of carbonyl (C=O) groups excluding carboxylic acids is 1. The van der Waals surface area contributed by atoms with Crippen molar-refractivity contribution < 1.29 is 56.1 Å². The van der Waals surface area contributed by atoms with E-state index in [9.17, 15) is 4.79 Å². The predicted molar refractivity (Wildman–Crippen MR) is 88.6 cm³/mol. The van der Waals surface area contributed by atoms with Gasteiger partial charge in [-0.1, -0.05) is 24.5 Å². The van der Waals surface area contributed by atoms with Crippen molar-refractivity contribution in [2.75, 3.05) is 6.61 Å². The second-order valence-corrected chi connectivity index (χ2v) is 5.19. The molecule has 0 fully saturated rings. The van der Waals surface area contributed by atoms with Crippen molar-refractivity contribution >= 4 is 18.1 Å². The van der Waals surface area contributed by atoms with Gasteiger partial charge in [0.25, 0.3) is 0 Å². The molecule has 1 heterocycles. The van der Waals surface area contributed by atoms with Crippen LogP contribution in [0.4, 0.5) is 10.8 Å². The molecular weight excluding hydrogens is 415 g/mol. The van der Waals surface area contributed by atoms with Crippen LogP contribution in [0.5, 0.6) is 0 Å². The van der Waals surface area contributed by atoms with Gasteiger partial charge in [-0.2, -0.15) is 34.3 Å². The molecule has 0 aliphatic carbocycles. The number of rotatable bonds is 5. The average molecular weight is 435 g/mol. The molecule has 0 N–H and O–H groups in total. The predicted octanol–water partition coefficient (Wildman–Crippen LogP) is 3.41. The number of aliphatic imine (C=N–C) groups is 1. The molecule has 2 rings (SSSR count). The monoisotopic (exact) mass is 435 g/mol. The van der Waals surface area contributed by atoms with E-state index in [1.165, 1.54) is 0 Å². The molecule has 0 saturated carbocycles. The summed E-state index contributed by atoms with van der Waals surface area (Å²) in [6.45, 7) is 8.91. The quantitative estimate of drug-likeness (QED) is 0.234. The zero-order valence-electron chi connectivity index (χ0n) is 15.4. The third kappa shape index (κ3) is 6.50. The fourth-order valence-electron chi connectivity index (χ4n) is 2.01. The molecule has 9 heteroatoms. The maximum absolute atomic E-state index is 11.4. The van der Waals surface area contributed by atoms with Crippen LogP contribution in [0.15, 0.2) is 21.5 Å². The molecule has 2 aromatic rings. The molecule has 8 nitrogen and oxygen atoms in total. The van der Waals surface area contributed by atoms with Gasteiger partial charge in [0.2, 0.25) is 12.2 Å². The standard InChI is InChI=1S/C17H20N3O5.Y/c1-6-22-17(21)25-13(5)24-15(18-16-20-19-12(4)23-16)14-8-7-10(2)9-11(14)3;/h7-8,13H,6H2,1-5H3;/q-1;. The van der Waals surface area contributed by atoms with Crippen LogP contribution >= 0.6 is 0 Å². The van der Waals surface area contributed by atoms with Gasteiger partial charge in [0.1, 0.15) is 0 Å². The zero-order valence-corrected chi connectivity index (χ0v) is 18.2. The van der Waals surface area contributed by atoms with Crippen LogP contribution in [0.3, 0.4) is 0 Å². The summed E-state index contributed by atoms with van der Waals surface area (Å²) in [4.78, 5) is 15.7. The minimum atomic E-state index is -0.928. The van der Waals surface area contributed by atoms with Gasteiger partial charge in [-0.25, -0.2) is 4.79 Å². The average Bonchev–Trinajstić information content (AvgIpc) is 2.92. The first kappa shape index (κ1) is 22.2. The Labute approximate surface area is 177 Å². The number of aryl methyl sites for hydroxylation is 3. The van der Waals surface area contributed by atoms with E-state index in [1.54, 1.807) is 20.8 Å². The summed E-state index contributed by atoms with van der Waals surface area (Å²) < 4.78 is 20.7. The van der Waals surface area contributed by atoms with E-state index in [1.807, 2.05) is 26.0 Å². The minimum absolute atomic E-state index is 0. The van der Waals surface area contributed by atoms with Crippen molar-refractivity contribution in [1.29, 1.82) is 0 Å². The minimum Gasteiger partial charge on any atom is -0.448 e. The Kier molecular flexibility index (Phi) is 8.88. The van der Waals surface area contributed by atoms with Crippen molar-refractivity contribution in [2.24, 2.45) is 4.99 Å². The summed E-state index contributed by atoms with van der Waals surface area (Å²) in [6.07, 6.45) is -1.75. The maximum Gasteiger partial charge on any atom is 0.511 e. The fourth-order valence-corrected chi connectivity index (χ4v) is 2.01. The Balaban J connectivity index is 0.00000338. The van der Waals surface area contributed by atoms with Gasteiger partial charge in [-0.3, -0.25) is 0 Å². The molecule has 0 saturated heterocycles. The molecule has 0 aliphatic rings. The number of carbonyl (C=O) groups is 1. The van der Waals surface area contributed by atoms with E-state index in [-0.39, 0.29) is 51.2 Å². The van der Waals surface area contributed by atoms with Gasteiger partial charge in [-0.05, 0) is 6.92 Å². The van der Waals surface area contributed by atoms with E-state index < -0.39 is 12.4 Å². The largest absolute Gasteiger partial charge is 0.511 e. The Hall–Kier alpha value is -1.80. The maximum atomic E-state index is 11.4. The molecule has 1 atom stereocenters. The van der Waals surface area contributed by atoms with Crippen LogP contribution in [-0.4, -0.2) is 35.1 Å². The molecule has 0 aliphatic heterocycles. The summed E-state index contributed by atoms with van der Waals surface area (Å²) in [7, 11) is 0. The van der Waals surface area contributed by atoms with E-state index in [2.05, 4.69) is 21.3 Å². The van der Waals surface area contributed by atoms with Crippen molar-refractivity contribution in [2.45, 2.75) is 40.9 Å². The van der Waals surface area contributed by atoms with E-state index in [0.717, 1.165) is 11.1 Å². The smallest absolute Gasteiger partial charge is 0.448 e. The topological polar surface area (TPSA) is 96.0 Å². The molecule has 1 radical (unpaired) electrons. The fraction of sp³-hybridized carbons (Fsp3) is 0.412. The number of hydrogen-bond donors (Lipinski definition) is 0. The van der Waals surface area contributed by atoms with Gasteiger partial charge < -0.3 is 18.6 Å². The van der Waals surface area contributed by atoms with E-state index in [4.69, 9.17) is 18.6 Å². The number of nitrogens with zero attached hydrogens (tertiary/aromatic N) is 3. The normalized spacial score (nSPS) is 12.1. The van der Waals surface area contributed by atoms with Crippen molar-refractivity contribution in [3.05, 3.63) is 40.8 Å². The Morgan fingerprint density at radius 2 is 2.00 bits per heavy atom. The van der Waals surface area contributed by atoms with Crippen LogP contribution in [0.1, 0.15) is 36.4 Å². The third-order valence-electron chi connectivity index (χ3n) is 3.03. The van der Waals surface area contributed by atoms with Gasteiger partial charge in [-0.15, -0.1) is 5.10 Å².